The molecule has 21 heavy (non-hydrogen) atoms. The van der Waals surface area contributed by atoms with Gasteiger partial charge in [0, 0.05) is 11.7 Å². The van der Waals surface area contributed by atoms with Crippen molar-refractivity contribution in [3.05, 3.63) is 24.3 Å². The van der Waals surface area contributed by atoms with Crippen LogP contribution in [-0.4, -0.2) is 31.0 Å². The Bertz CT molecular complexity index is 504. The van der Waals surface area contributed by atoms with Crippen molar-refractivity contribution < 1.29 is 14.7 Å². The molecule has 6 heteroatoms. The van der Waals surface area contributed by atoms with Gasteiger partial charge in [-0.15, -0.1) is 0 Å². The predicted octanol–water partition coefficient (Wildman–Crippen LogP) is 1.10. The predicted molar refractivity (Wildman–Crippen MR) is 84.8 cm³/mol. The van der Waals surface area contributed by atoms with Gasteiger partial charge in [-0.2, -0.15) is 0 Å². The van der Waals surface area contributed by atoms with Gasteiger partial charge in [0.2, 0.25) is 0 Å². The molecule has 2 unspecified atom stereocenters. The van der Waals surface area contributed by atoms with E-state index in [0.29, 0.717) is 12.1 Å². The first-order valence-electron chi connectivity index (χ1n) is 7.43. The molecule has 0 aromatic heterocycles. The first-order valence-corrected chi connectivity index (χ1v) is 7.43. The van der Waals surface area contributed by atoms with Crippen molar-refractivity contribution in [2.24, 2.45) is 5.92 Å². The standard InChI is InChI=1S/C15H21BN2O3/c16-10-6-8-11(9-7-10)17-15(21)18-13-5-3-1-2-4-12(13)14(19)20/h6-9,12-13H,1-5,16H2,(H,19,20)(H2,17,18,21). The van der Waals surface area contributed by atoms with Crippen molar-refractivity contribution in [2.45, 2.75) is 38.1 Å². The molecule has 0 bridgehead atoms. The van der Waals surface area contributed by atoms with Gasteiger partial charge in [-0.1, -0.05) is 36.9 Å². The van der Waals surface area contributed by atoms with Crippen molar-refractivity contribution >= 4 is 31.0 Å². The van der Waals surface area contributed by atoms with Crippen molar-refractivity contribution in [3.8, 4) is 0 Å². The van der Waals surface area contributed by atoms with Crippen LogP contribution in [-0.2, 0) is 4.79 Å². The van der Waals surface area contributed by atoms with E-state index in [1.54, 1.807) is 0 Å². The smallest absolute Gasteiger partial charge is 0.319 e. The minimum absolute atomic E-state index is 0.296. The topological polar surface area (TPSA) is 78.4 Å². The Morgan fingerprint density at radius 2 is 1.76 bits per heavy atom. The Morgan fingerprint density at radius 1 is 1.10 bits per heavy atom. The summed E-state index contributed by atoms with van der Waals surface area (Å²) in [5.74, 6) is -1.31. The van der Waals surface area contributed by atoms with Crippen LogP contribution in [0.25, 0.3) is 0 Å². The summed E-state index contributed by atoms with van der Waals surface area (Å²) in [6, 6.07) is 6.86. The molecule has 112 valence electrons. The van der Waals surface area contributed by atoms with Gasteiger partial charge in [-0.25, -0.2) is 4.79 Å². The molecule has 0 saturated heterocycles. The first kappa shape index (κ1) is 15.4. The van der Waals surface area contributed by atoms with E-state index in [0.717, 1.165) is 31.1 Å². The summed E-state index contributed by atoms with van der Waals surface area (Å²) < 4.78 is 0. The first-order chi connectivity index (χ1) is 10.1. The lowest BCUT2D eigenvalue weighted by atomic mass is 9.95. The molecule has 1 aliphatic carbocycles. The molecule has 0 aliphatic heterocycles. The zero-order valence-electron chi connectivity index (χ0n) is 12.3. The maximum Gasteiger partial charge on any atom is 0.319 e. The average Bonchev–Trinajstić information content (AvgIpc) is 2.67. The van der Waals surface area contributed by atoms with E-state index in [-0.39, 0.29) is 12.1 Å². The second-order valence-corrected chi connectivity index (χ2v) is 5.65. The molecule has 2 atom stereocenters. The van der Waals surface area contributed by atoms with E-state index in [4.69, 9.17) is 0 Å². The third kappa shape index (κ3) is 4.51. The van der Waals surface area contributed by atoms with E-state index in [1.165, 1.54) is 0 Å². The molecular weight excluding hydrogens is 267 g/mol. The monoisotopic (exact) mass is 288 g/mol. The fraction of sp³-hybridized carbons (Fsp3) is 0.467. The van der Waals surface area contributed by atoms with E-state index < -0.39 is 11.9 Å². The molecule has 2 amide bonds. The summed E-state index contributed by atoms with van der Waals surface area (Å²) in [7, 11) is 1.98. The number of carbonyl (C=O) groups excluding carboxylic acids is 1. The number of hydrogen-bond acceptors (Lipinski definition) is 2. The molecule has 0 spiro atoms. The molecule has 2 rings (SSSR count). The fourth-order valence-electron chi connectivity index (χ4n) is 2.75. The van der Waals surface area contributed by atoms with Gasteiger partial charge in [-0.3, -0.25) is 4.79 Å². The number of nitrogens with one attached hydrogen (secondary N) is 2. The molecule has 1 aromatic carbocycles. The third-order valence-electron chi connectivity index (χ3n) is 3.96. The minimum atomic E-state index is -0.822. The summed E-state index contributed by atoms with van der Waals surface area (Å²) in [6.45, 7) is 0. The Hall–Kier alpha value is -1.98. The van der Waals surface area contributed by atoms with Crippen LogP contribution in [0.15, 0.2) is 24.3 Å². The molecule has 1 aliphatic rings. The van der Waals surface area contributed by atoms with Gasteiger partial charge in [0.25, 0.3) is 0 Å². The number of carbonyl (C=O) groups is 2. The summed E-state index contributed by atoms with van der Waals surface area (Å²) in [6.07, 6.45) is 4.25. The van der Waals surface area contributed by atoms with Gasteiger partial charge >= 0.3 is 12.0 Å². The number of aliphatic carboxylic acids is 1. The molecular formula is C15H21BN2O3. The molecule has 1 aromatic rings. The zero-order chi connectivity index (χ0) is 15.2. The van der Waals surface area contributed by atoms with Crippen LogP contribution in [0, 0.1) is 5.92 Å². The highest BCUT2D eigenvalue weighted by Crippen LogP contribution is 2.24. The molecule has 5 nitrogen and oxygen atoms in total. The number of carboxylic acids is 1. The number of anilines is 1. The van der Waals surface area contributed by atoms with Crippen molar-refractivity contribution in [3.63, 3.8) is 0 Å². The third-order valence-corrected chi connectivity index (χ3v) is 3.96. The number of hydrogen-bond donors (Lipinski definition) is 3. The summed E-state index contributed by atoms with van der Waals surface area (Å²) in [4.78, 5) is 23.4. The average molecular weight is 288 g/mol. The Labute approximate surface area is 125 Å². The zero-order valence-corrected chi connectivity index (χ0v) is 12.3. The van der Waals surface area contributed by atoms with Crippen molar-refractivity contribution in [1.29, 1.82) is 0 Å². The number of amides is 2. The highest BCUT2D eigenvalue weighted by atomic mass is 16.4. The minimum Gasteiger partial charge on any atom is -0.481 e. The molecule has 1 fully saturated rings. The molecule has 0 radical (unpaired) electrons. The van der Waals surface area contributed by atoms with E-state index in [1.807, 2.05) is 32.1 Å². The summed E-state index contributed by atoms with van der Waals surface area (Å²) in [5.41, 5.74) is 1.83. The van der Waals surface area contributed by atoms with Crippen molar-refractivity contribution in [2.75, 3.05) is 5.32 Å². The van der Waals surface area contributed by atoms with Gasteiger partial charge < -0.3 is 15.7 Å². The Balaban J connectivity index is 1.96. The van der Waals surface area contributed by atoms with Gasteiger partial charge in [-0.05, 0) is 25.0 Å². The normalized spacial score (nSPS) is 22.1. The van der Waals surface area contributed by atoms with Crippen LogP contribution in [0.3, 0.4) is 0 Å². The maximum atomic E-state index is 12.0. The summed E-state index contributed by atoms with van der Waals surface area (Å²) in [5, 5.41) is 14.9. The highest BCUT2D eigenvalue weighted by Gasteiger charge is 2.30. The molecule has 1 saturated carbocycles. The number of benzene rings is 1. The van der Waals surface area contributed by atoms with Crippen LogP contribution in [0.4, 0.5) is 10.5 Å². The molecule has 3 N–H and O–H groups in total. The lowest BCUT2D eigenvalue weighted by Gasteiger charge is -2.23. The van der Waals surface area contributed by atoms with Gasteiger partial charge in [0.15, 0.2) is 0 Å². The van der Waals surface area contributed by atoms with E-state index in [9.17, 15) is 14.7 Å². The second-order valence-electron chi connectivity index (χ2n) is 5.65. The van der Waals surface area contributed by atoms with E-state index >= 15 is 0 Å². The fourth-order valence-corrected chi connectivity index (χ4v) is 2.75. The maximum absolute atomic E-state index is 12.0. The quantitative estimate of drug-likeness (QED) is 0.575. The number of carboxylic acid groups (broad SMARTS) is 1. The van der Waals surface area contributed by atoms with Gasteiger partial charge in [0.1, 0.15) is 7.85 Å². The SMILES string of the molecule is Bc1ccc(NC(=O)NC2CCCCCC2C(=O)O)cc1. The second kappa shape index (κ2) is 7.15. The highest BCUT2D eigenvalue weighted by molar-refractivity contribution is 6.32. The van der Waals surface area contributed by atoms with Crippen molar-refractivity contribution in [1.82, 2.24) is 5.32 Å². The van der Waals surface area contributed by atoms with Crippen LogP contribution >= 0.6 is 0 Å². The van der Waals surface area contributed by atoms with Crippen LogP contribution in [0.1, 0.15) is 32.1 Å². The Morgan fingerprint density at radius 3 is 2.43 bits per heavy atom. The molecule has 0 heterocycles. The largest absolute Gasteiger partial charge is 0.481 e. The number of urea groups is 1. The van der Waals surface area contributed by atoms with E-state index in [2.05, 4.69) is 10.6 Å². The van der Waals surface area contributed by atoms with Crippen LogP contribution in [0.5, 0.6) is 0 Å². The Kier molecular flexibility index (Phi) is 5.25. The lowest BCUT2D eigenvalue weighted by molar-refractivity contribution is -0.142. The summed E-state index contributed by atoms with van der Waals surface area (Å²) >= 11 is 0. The number of rotatable bonds is 3. The van der Waals surface area contributed by atoms with Crippen LogP contribution in [0.2, 0.25) is 0 Å². The lowest BCUT2D eigenvalue weighted by Crippen LogP contribution is -2.44. The van der Waals surface area contributed by atoms with Crippen LogP contribution < -0.4 is 16.1 Å². The van der Waals surface area contributed by atoms with Gasteiger partial charge in [0.05, 0.1) is 5.92 Å².